The van der Waals surface area contributed by atoms with Crippen LogP contribution in [0.15, 0.2) is 22.8 Å². The molecule has 1 aliphatic rings. The van der Waals surface area contributed by atoms with Crippen molar-refractivity contribution in [3.63, 3.8) is 0 Å². The molecule has 0 radical (unpaired) electrons. The standard InChI is InChI=1S/C14H13BrIN3O2/c1-17-14-10(16)7-18-13(19-14)8-5-9(15)12-11(6-8)20-3-2-4-21-12/h5-7H,2-4H2,1H3,(H,17,18,19). The van der Waals surface area contributed by atoms with Gasteiger partial charge in [0.25, 0.3) is 0 Å². The topological polar surface area (TPSA) is 56.3 Å². The zero-order valence-corrected chi connectivity index (χ0v) is 15.1. The molecule has 0 unspecified atom stereocenters. The van der Waals surface area contributed by atoms with Crippen LogP contribution in [0.25, 0.3) is 11.4 Å². The number of fused-ring (bicyclic) bond motifs is 1. The average molecular weight is 462 g/mol. The summed E-state index contributed by atoms with van der Waals surface area (Å²) in [5.74, 6) is 2.93. The Balaban J connectivity index is 2.07. The minimum atomic E-state index is 0.649. The molecule has 0 saturated heterocycles. The Hall–Kier alpha value is -1.09. The van der Waals surface area contributed by atoms with Gasteiger partial charge in [-0.25, -0.2) is 9.97 Å². The number of halogens is 2. The first-order valence-corrected chi connectivity index (χ1v) is 8.36. The predicted molar refractivity (Wildman–Crippen MR) is 93.0 cm³/mol. The summed E-state index contributed by atoms with van der Waals surface area (Å²) in [6.45, 7) is 1.31. The monoisotopic (exact) mass is 461 g/mol. The second kappa shape index (κ2) is 6.35. The van der Waals surface area contributed by atoms with E-state index in [0.29, 0.717) is 19.0 Å². The number of rotatable bonds is 2. The number of ether oxygens (including phenoxy) is 2. The molecule has 1 aromatic heterocycles. The van der Waals surface area contributed by atoms with E-state index in [9.17, 15) is 0 Å². The average Bonchev–Trinajstić information content (AvgIpc) is 2.73. The first kappa shape index (κ1) is 14.8. The number of hydrogen-bond acceptors (Lipinski definition) is 5. The highest BCUT2D eigenvalue weighted by Crippen LogP contribution is 2.40. The zero-order chi connectivity index (χ0) is 14.8. The van der Waals surface area contributed by atoms with Crippen molar-refractivity contribution in [3.05, 3.63) is 26.4 Å². The Morgan fingerprint density at radius 3 is 2.90 bits per heavy atom. The molecule has 21 heavy (non-hydrogen) atoms. The Labute approximate surface area is 144 Å². The number of benzene rings is 1. The van der Waals surface area contributed by atoms with Crippen LogP contribution in [-0.2, 0) is 0 Å². The van der Waals surface area contributed by atoms with Gasteiger partial charge in [0.15, 0.2) is 17.3 Å². The molecule has 2 aromatic rings. The third-order valence-corrected chi connectivity index (χ3v) is 4.42. The smallest absolute Gasteiger partial charge is 0.175 e. The van der Waals surface area contributed by atoms with Crippen LogP contribution in [0, 0.1) is 3.57 Å². The second-order valence-electron chi connectivity index (χ2n) is 4.48. The molecule has 0 fully saturated rings. The normalized spacial score (nSPS) is 13.7. The van der Waals surface area contributed by atoms with E-state index in [1.165, 1.54) is 0 Å². The highest BCUT2D eigenvalue weighted by molar-refractivity contribution is 14.1. The molecule has 1 aromatic carbocycles. The quantitative estimate of drug-likeness (QED) is 0.691. The molecule has 110 valence electrons. The maximum absolute atomic E-state index is 5.74. The summed E-state index contributed by atoms with van der Waals surface area (Å²) >= 11 is 5.74. The van der Waals surface area contributed by atoms with Crippen LogP contribution in [0.4, 0.5) is 5.82 Å². The van der Waals surface area contributed by atoms with Crippen LogP contribution in [0.5, 0.6) is 11.5 Å². The Morgan fingerprint density at radius 1 is 1.29 bits per heavy atom. The van der Waals surface area contributed by atoms with E-state index in [1.807, 2.05) is 19.2 Å². The van der Waals surface area contributed by atoms with E-state index in [4.69, 9.17) is 9.47 Å². The SMILES string of the molecule is CNc1nc(-c2cc(Br)c3c(c2)OCCCO3)ncc1I. The molecule has 1 aliphatic heterocycles. The highest BCUT2D eigenvalue weighted by atomic mass is 127. The van der Waals surface area contributed by atoms with Gasteiger partial charge in [-0.2, -0.15) is 0 Å². The fourth-order valence-electron chi connectivity index (χ4n) is 2.04. The fourth-order valence-corrected chi connectivity index (χ4v) is 3.13. The maximum Gasteiger partial charge on any atom is 0.175 e. The molecule has 0 spiro atoms. The summed E-state index contributed by atoms with van der Waals surface area (Å²) in [5, 5.41) is 3.07. The van der Waals surface area contributed by atoms with Crippen LogP contribution < -0.4 is 14.8 Å². The highest BCUT2D eigenvalue weighted by Gasteiger charge is 2.17. The minimum Gasteiger partial charge on any atom is -0.489 e. The van der Waals surface area contributed by atoms with Gasteiger partial charge < -0.3 is 14.8 Å². The van der Waals surface area contributed by atoms with Crippen molar-refractivity contribution < 1.29 is 9.47 Å². The summed E-state index contributed by atoms with van der Waals surface area (Å²) in [5.41, 5.74) is 0.888. The van der Waals surface area contributed by atoms with Crippen molar-refractivity contribution in [1.29, 1.82) is 0 Å². The van der Waals surface area contributed by atoms with Gasteiger partial charge in [0.2, 0.25) is 0 Å². The maximum atomic E-state index is 5.74. The molecule has 2 heterocycles. The lowest BCUT2D eigenvalue weighted by molar-refractivity contribution is 0.296. The zero-order valence-electron chi connectivity index (χ0n) is 11.3. The van der Waals surface area contributed by atoms with Gasteiger partial charge in [-0.15, -0.1) is 0 Å². The molecular weight excluding hydrogens is 449 g/mol. The van der Waals surface area contributed by atoms with Gasteiger partial charge in [0.05, 0.1) is 21.3 Å². The summed E-state index contributed by atoms with van der Waals surface area (Å²) < 4.78 is 13.3. The van der Waals surface area contributed by atoms with Crippen LogP contribution in [0.3, 0.4) is 0 Å². The molecule has 7 heteroatoms. The summed E-state index contributed by atoms with van der Waals surface area (Å²) in [6.07, 6.45) is 2.67. The van der Waals surface area contributed by atoms with Gasteiger partial charge in [-0.05, 0) is 50.7 Å². The van der Waals surface area contributed by atoms with Gasteiger partial charge >= 0.3 is 0 Å². The number of nitrogens with zero attached hydrogens (tertiary/aromatic N) is 2. The molecule has 0 amide bonds. The van der Waals surface area contributed by atoms with Gasteiger partial charge in [-0.3, -0.25) is 0 Å². The number of aromatic nitrogens is 2. The molecule has 0 saturated carbocycles. The molecular formula is C14H13BrIN3O2. The van der Waals surface area contributed by atoms with Crippen molar-refractivity contribution in [1.82, 2.24) is 9.97 Å². The van der Waals surface area contributed by atoms with Crippen molar-refractivity contribution in [2.24, 2.45) is 0 Å². The third-order valence-electron chi connectivity index (χ3n) is 3.04. The summed E-state index contributed by atoms with van der Waals surface area (Å²) in [7, 11) is 1.85. The van der Waals surface area contributed by atoms with E-state index in [1.54, 1.807) is 6.20 Å². The lowest BCUT2D eigenvalue weighted by Gasteiger charge is -2.12. The van der Waals surface area contributed by atoms with Gasteiger partial charge in [0, 0.05) is 25.2 Å². The minimum absolute atomic E-state index is 0.649. The Morgan fingerprint density at radius 2 is 2.10 bits per heavy atom. The van der Waals surface area contributed by atoms with E-state index in [-0.39, 0.29) is 0 Å². The third kappa shape index (κ3) is 3.08. The van der Waals surface area contributed by atoms with Crippen LogP contribution in [0.2, 0.25) is 0 Å². The van der Waals surface area contributed by atoms with Crippen LogP contribution >= 0.6 is 38.5 Å². The van der Waals surface area contributed by atoms with Crippen molar-refractivity contribution in [3.8, 4) is 22.9 Å². The lowest BCUT2D eigenvalue weighted by Crippen LogP contribution is -2.00. The molecule has 5 nitrogen and oxygen atoms in total. The Bertz CT molecular complexity index is 682. The largest absolute Gasteiger partial charge is 0.489 e. The number of hydrogen-bond donors (Lipinski definition) is 1. The van der Waals surface area contributed by atoms with Crippen molar-refractivity contribution in [2.75, 3.05) is 25.6 Å². The van der Waals surface area contributed by atoms with Crippen LogP contribution in [0.1, 0.15) is 6.42 Å². The van der Waals surface area contributed by atoms with Crippen molar-refractivity contribution in [2.45, 2.75) is 6.42 Å². The molecule has 0 atom stereocenters. The molecule has 3 rings (SSSR count). The summed E-state index contributed by atoms with van der Waals surface area (Å²) in [4.78, 5) is 8.92. The van der Waals surface area contributed by atoms with E-state index in [0.717, 1.165) is 37.3 Å². The van der Waals surface area contributed by atoms with E-state index < -0.39 is 0 Å². The van der Waals surface area contributed by atoms with Gasteiger partial charge in [0.1, 0.15) is 5.82 Å². The molecule has 0 aliphatic carbocycles. The Kier molecular flexibility index (Phi) is 4.48. The van der Waals surface area contributed by atoms with E-state index in [2.05, 4.69) is 53.8 Å². The number of nitrogens with one attached hydrogen (secondary N) is 1. The first-order chi connectivity index (χ1) is 10.2. The molecule has 0 bridgehead atoms. The predicted octanol–water partition coefficient (Wildman–Crippen LogP) is 3.71. The van der Waals surface area contributed by atoms with E-state index >= 15 is 0 Å². The first-order valence-electron chi connectivity index (χ1n) is 6.49. The van der Waals surface area contributed by atoms with Crippen LogP contribution in [-0.4, -0.2) is 30.2 Å². The number of anilines is 1. The fraction of sp³-hybridized carbons (Fsp3) is 0.286. The summed E-state index contributed by atoms with van der Waals surface area (Å²) in [6, 6.07) is 3.88. The van der Waals surface area contributed by atoms with Crippen molar-refractivity contribution >= 4 is 44.3 Å². The lowest BCUT2D eigenvalue weighted by atomic mass is 10.2. The van der Waals surface area contributed by atoms with Gasteiger partial charge in [-0.1, -0.05) is 0 Å². The molecule has 1 N–H and O–H groups in total. The second-order valence-corrected chi connectivity index (χ2v) is 6.49.